The summed E-state index contributed by atoms with van der Waals surface area (Å²) in [5, 5.41) is 0.517. The lowest BCUT2D eigenvalue weighted by molar-refractivity contribution is -0.141. The molecule has 1 aliphatic rings. The number of aromatic nitrogens is 1. The number of methoxy groups -OCH3 is 2. The van der Waals surface area contributed by atoms with Crippen molar-refractivity contribution in [3.8, 4) is 11.5 Å². The van der Waals surface area contributed by atoms with Gasteiger partial charge >= 0.3 is 0 Å². The Morgan fingerprint density at radius 3 is 2.33 bits per heavy atom. The first-order chi connectivity index (χ1) is 14.3. The van der Waals surface area contributed by atoms with E-state index >= 15 is 0 Å². The SMILES string of the molecule is COc1cc2nc(N(CCCN(C)C)C(=O)CN3C(=O)CCC3=O)sc2cc1OC. The molecular formula is C20H26N4O5S. The molecule has 2 heterocycles. The highest BCUT2D eigenvalue weighted by molar-refractivity contribution is 7.22. The van der Waals surface area contributed by atoms with Crippen molar-refractivity contribution in [2.24, 2.45) is 0 Å². The van der Waals surface area contributed by atoms with Crippen molar-refractivity contribution in [2.75, 3.05) is 52.8 Å². The molecule has 162 valence electrons. The minimum atomic E-state index is -0.324. The lowest BCUT2D eigenvalue weighted by atomic mass is 10.3. The van der Waals surface area contributed by atoms with E-state index < -0.39 is 0 Å². The summed E-state index contributed by atoms with van der Waals surface area (Å²) >= 11 is 1.36. The number of carbonyl (C=O) groups is 3. The van der Waals surface area contributed by atoms with Crippen LogP contribution >= 0.6 is 11.3 Å². The van der Waals surface area contributed by atoms with Gasteiger partial charge in [-0.15, -0.1) is 0 Å². The maximum Gasteiger partial charge on any atom is 0.248 e. The largest absolute Gasteiger partial charge is 0.493 e. The average molecular weight is 435 g/mol. The Morgan fingerprint density at radius 2 is 1.73 bits per heavy atom. The predicted octanol–water partition coefficient (Wildman–Crippen LogP) is 1.75. The molecule has 9 nitrogen and oxygen atoms in total. The summed E-state index contributed by atoms with van der Waals surface area (Å²) in [7, 11) is 7.04. The zero-order valence-electron chi connectivity index (χ0n) is 17.6. The highest BCUT2D eigenvalue weighted by atomic mass is 32.1. The Hall–Kier alpha value is -2.72. The Balaban J connectivity index is 1.89. The fraction of sp³-hybridized carbons (Fsp3) is 0.500. The van der Waals surface area contributed by atoms with E-state index in [9.17, 15) is 14.4 Å². The number of thiazole rings is 1. The highest BCUT2D eigenvalue weighted by Crippen LogP contribution is 2.37. The molecule has 30 heavy (non-hydrogen) atoms. The molecule has 1 fully saturated rings. The zero-order chi connectivity index (χ0) is 21.8. The molecule has 0 radical (unpaired) electrons. The van der Waals surface area contributed by atoms with Crippen LogP contribution in [-0.4, -0.2) is 80.5 Å². The number of carbonyl (C=O) groups excluding carboxylic acids is 3. The number of rotatable bonds is 9. The molecule has 1 aliphatic heterocycles. The van der Waals surface area contributed by atoms with Gasteiger partial charge in [0, 0.05) is 31.5 Å². The van der Waals surface area contributed by atoms with Gasteiger partial charge in [0.2, 0.25) is 17.7 Å². The van der Waals surface area contributed by atoms with Crippen LogP contribution in [0.4, 0.5) is 5.13 Å². The lowest BCUT2D eigenvalue weighted by Gasteiger charge is -2.23. The van der Waals surface area contributed by atoms with Gasteiger partial charge in [-0.2, -0.15) is 0 Å². The number of fused-ring (bicyclic) bond motifs is 1. The number of imide groups is 1. The van der Waals surface area contributed by atoms with Gasteiger partial charge in [0.05, 0.1) is 24.4 Å². The standard InChI is InChI=1S/C20H26N4O5S/c1-22(2)8-5-9-23(19(27)12-24-17(25)6-7-18(24)26)20-21-13-10-14(28-3)15(29-4)11-16(13)30-20/h10-11H,5-9,12H2,1-4H3. The summed E-state index contributed by atoms with van der Waals surface area (Å²) in [4.78, 5) is 46.2. The number of amides is 3. The zero-order valence-corrected chi connectivity index (χ0v) is 18.5. The monoisotopic (exact) mass is 434 g/mol. The van der Waals surface area contributed by atoms with Gasteiger partial charge in [-0.05, 0) is 27.1 Å². The fourth-order valence-corrected chi connectivity index (χ4v) is 4.27. The van der Waals surface area contributed by atoms with Gasteiger partial charge in [-0.3, -0.25) is 24.2 Å². The quantitative estimate of drug-likeness (QED) is 0.555. The molecule has 2 aromatic rings. The summed E-state index contributed by atoms with van der Waals surface area (Å²) in [6, 6.07) is 3.59. The third-order valence-corrected chi connectivity index (χ3v) is 5.89. The smallest absolute Gasteiger partial charge is 0.248 e. The normalized spacial score (nSPS) is 14.1. The first kappa shape index (κ1) is 22.0. The van der Waals surface area contributed by atoms with Crippen molar-refractivity contribution < 1.29 is 23.9 Å². The van der Waals surface area contributed by atoms with Crippen LogP contribution in [0.1, 0.15) is 19.3 Å². The Bertz CT molecular complexity index is 901. The van der Waals surface area contributed by atoms with Crippen molar-refractivity contribution >= 4 is 44.4 Å². The molecule has 0 unspecified atom stereocenters. The molecule has 3 rings (SSSR count). The Morgan fingerprint density at radius 1 is 1.10 bits per heavy atom. The second kappa shape index (κ2) is 9.40. The first-order valence-corrected chi connectivity index (χ1v) is 10.5. The topological polar surface area (TPSA) is 92.3 Å². The Kier molecular flexibility index (Phi) is 6.88. The number of anilines is 1. The van der Waals surface area contributed by atoms with Crippen molar-refractivity contribution in [2.45, 2.75) is 19.3 Å². The molecule has 0 N–H and O–H groups in total. The molecular weight excluding hydrogens is 408 g/mol. The van der Waals surface area contributed by atoms with Crippen LogP contribution < -0.4 is 14.4 Å². The molecule has 0 aliphatic carbocycles. The molecule has 0 spiro atoms. The minimum absolute atomic E-state index is 0.160. The molecule has 1 aromatic carbocycles. The van der Waals surface area contributed by atoms with E-state index in [1.165, 1.54) is 11.3 Å². The molecule has 0 saturated carbocycles. The van der Waals surface area contributed by atoms with Crippen LogP contribution in [0.25, 0.3) is 10.2 Å². The van der Waals surface area contributed by atoms with E-state index in [0.717, 1.165) is 22.6 Å². The van der Waals surface area contributed by atoms with E-state index in [0.29, 0.717) is 28.7 Å². The fourth-order valence-electron chi connectivity index (χ4n) is 3.25. The number of hydrogen-bond donors (Lipinski definition) is 0. The second-order valence-corrected chi connectivity index (χ2v) is 8.26. The number of benzene rings is 1. The van der Waals surface area contributed by atoms with Crippen LogP contribution in [0.15, 0.2) is 12.1 Å². The lowest BCUT2D eigenvalue weighted by Crippen LogP contribution is -2.43. The summed E-state index contributed by atoms with van der Waals surface area (Å²) < 4.78 is 11.5. The van der Waals surface area contributed by atoms with Crippen LogP contribution in [0.5, 0.6) is 11.5 Å². The van der Waals surface area contributed by atoms with Crippen LogP contribution in [-0.2, 0) is 14.4 Å². The van der Waals surface area contributed by atoms with Crippen molar-refractivity contribution in [3.63, 3.8) is 0 Å². The predicted molar refractivity (Wildman–Crippen MR) is 114 cm³/mol. The van der Waals surface area contributed by atoms with Gasteiger partial charge in [-0.25, -0.2) is 4.98 Å². The average Bonchev–Trinajstić information content (AvgIpc) is 3.27. The van der Waals surface area contributed by atoms with E-state index in [2.05, 4.69) is 4.98 Å². The number of ether oxygens (including phenoxy) is 2. The third kappa shape index (κ3) is 4.71. The van der Waals surface area contributed by atoms with E-state index in [1.807, 2.05) is 25.1 Å². The van der Waals surface area contributed by atoms with Crippen molar-refractivity contribution in [1.82, 2.24) is 14.8 Å². The summed E-state index contributed by atoms with van der Waals surface area (Å²) in [6.07, 6.45) is 1.05. The van der Waals surface area contributed by atoms with Gasteiger partial charge < -0.3 is 14.4 Å². The minimum Gasteiger partial charge on any atom is -0.493 e. The van der Waals surface area contributed by atoms with E-state index in [4.69, 9.17) is 9.47 Å². The van der Waals surface area contributed by atoms with Gasteiger partial charge in [0.1, 0.15) is 6.54 Å². The summed E-state index contributed by atoms with van der Waals surface area (Å²) in [5.74, 6) is 0.204. The maximum atomic E-state index is 13.1. The highest BCUT2D eigenvalue weighted by Gasteiger charge is 2.32. The molecule has 1 saturated heterocycles. The van der Waals surface area contributed by atoms with Gasteiger partial charge in [-0.1, -0.05) is 11.3 Å². The number of nitrogens with zero attached hydrogens (tertiary/aromatic N) is 4. The molecule has 10 heteroatoms. The first-order valence-electron chi connectivity index (χ1n) is 9.65. The molecule has 1 aromatic heterocycles. The van der Waals surface area contributed by atoms with E-state index in [1.54, 1.807) is 25.2 Å². The number of hydrogen-bond acceptors (Lipinski definition) is 8. The summed E-state index contributed by atoms with van der Waals surface area (Å²) in [5.41, 5.74) is 0.686. The van der Waals surface area contributed by atoms with Crippen LogP contribution in [0, 0.1) is 0 Å². The third-order valence-electron chi connectivity index (χ3n) is 4.85. The van der Waals surface area contributed by atoms with Gasteiger partial charge in [0.25, 0.3) is 0 Å². The van der Waals surface area contributed by atoms with Crippen LogP contribution in [0.2, 0.25) is 0 Å². The summed E-state index contributed by atoms with van der Waals surface area (Å²) in [6.45, 7) is 0.960. The molecule has 3 amide bonds. The molecule has 0 atom stereocenters. The van der Waals surface area contributed by atoms with Crippen LogP contribution in [0.3, 0.4) is 0 Å². The molecule has 0 bridgehead atoms. The van der Waals surface area contributed by atoms with Gasteiger partial charge in [0.15, 0.2) is 16.6 Å². The second-order valence-electron chi connectivity index (χ2n) is 7.25. The van der Waals surface area contributed by atoms with Crippen molar-refractivity contribution in [3.05, 3.63) is 12.1 Å². The van der Waals surface area contributed by atoms with Crippen molar-refractivity contribution in [1.29, 1.82) is 0 Å². The number of likely N-dealkylation sites (tertiary alicyclic amines) is 1. The maximum absolute atomic E-state index is 13.1. The van der Waals surface area contributed by atoms with E-state index in [-0.39, 0.29) is 37.1 Å². The Labute approximate surface area is 179 Å².